The van der Waals surface area contributed by atoms with E-state index in [1.54, 1.807) is 0 Å². The summed E-state index contributed by atoms with van der Waals surface area (Å²) in [5, 5.41) is 12.5. The minimum Gasteiger partial charge on any atom is -0.325 e. The lowest BCUT2D eigenvalue weighted by atomic mass is 9.86. The first-order valence-electron chi connectivity index (χ1n) is 9.82. The van der Waals surface area contributed by atoms with Crippen LogP contribution in [0.4, 0.5) is 5.69 Å². The molecule has 152 valence electrons. The number of rotatable bonds is 6. The summed E-state index contributed by atoms with van der Waals surface area (Å²) in [4.78, 5) is 12.6. The molecule has 3 rings (SSSR count). The molecule has 2 aromatic carbocycles. The molecule has 1 amide bonds. The molecule has 0 aliphatic carbocycles. The van der Waals surface area contributed by atoms with E-state index in [2.05, 4.69) is 80.5 Å². The maximum atomic E-state index is 12.6. The first kappa shape index (κ1) is 21.1. The van der Waals surface area contributed by atoms with Gasteiger partial charge in [0.25, 0.3) is 0 Å². The Morgan fingerprint density at radius 1 is 1.07 bits per heavy atom. The normalized spacial score (nSPS) is 11.5. The molecule has 0 saturated heterocycles. The summed E-state index contributed by atoms with van der Waals surface area (Å²) in [6, 6.07) is 16.2. The molecule has 0 bridgehead atoms. The van der Waals surface area contributed by atoms with Crippen LogP contribution >= 0.6 is 11.8 Å². The summed E-state index contributed by atoms with van der Waals surface area (Å²) in [5.74, 6) is 1.06. The fourth-order valence-corrected chi connectivity index (χ4v) is 3.96. The number of benzene rings is 2. The van der Waals surface area contributed by atoms with E-state index in [1.807, 2.05) is 22.8 Å². The van der Waals surface area contributed by atoms with Crippen LogP contribution < -0.4 is 5.32 Å². The number of anilines is 1. The quantitative estimate of drug-likeness (QED) is 0.562. The summed E-state index contributed by atoms with van der Waals surface area (Å²) in [7, 11) is 0. The number of thioether (sulfide) groups is 1. The number of carbonyl (C=O) groups excluding carboxylic acids is 1. The average molecular weight is 409 g/mol. The second-order valence-electron chi connectivity index (χ2n) is 8.05. The van der Waals surface area contributed by atoms with Gasteiger partial charge in [-0.1, -0.05) is 80.6 Å². The minimum atomic E-state index is -0.0470. The predicted octanol–water partition coefficient (Wildman–Crippen LogP) is 5.30. The molecule has 0 fully saturated rings. The fourth-order valence-electron chi connectivity index (χ4n) is 3.16. The van der Waals surface area contributed by atoms with Gasteiger partial charge >= 0.3 is 0 Å². The van der Waals surface area contributed by atoms with Gasteiger partial charge in [0, 0.05) is 17.8 Å². The lowest BCUT2D eigenvalue weighted by Crippen LogP contribution is -2.20. The third-order valence-corrected chi connectivity index (χ3v) is 5.65. The minimum absolute atomic E-state index is 0.0393. The highest BCUT2D eigenvalue weighted by molar-refractivity contribution is 7.99. The summed E-state index contributed by atoms with van der Waals surface area (Å²) in [6.07, 6.45) is 0. The summed E-state index contributed by atoms with van der Waals surface area (Å²) in [6.45, 7) is 11.3. The Hall–Kier alpha value is -2.60. The molecule has 3 aromatic rings. The van der Waals surface area contributed by atoms with Gasteiger partial charge in [-0.3, -0.25) is 4.79 Å². The smallest absolute Gasteiger partial charge is 0.234 e. The van der Waals surface area contributed by atoms with Crippen LogP contribution in [-0.4, -0.2) is 26.4 Å². The maximum Gasteiger partial charge on any atom is 0.234 e. The van der Waals surface area contributed by atoms with E-state index in [0.29, 0.717) is 0 Å². The van der Waals surface area contributed by atoms with Crippen molar-refractivity contribution in [1.82, 2.24) is 14.8 Å². The van der Waals surface area contributed by atoms with Gasteiger partial charge in [0.15, 0.2) is 11.0 Å². The van der Waals surface area contributed by atoms with Gasteiger partial charge in [0.1, 0.15) is 0 Å². The van der Waals surface area contributed by atoms with Crippen LogP contribution in [0.3, 0.4) is 0 Å². The van der Waals surface area contributed by atoms with Crippen molar-refractivity contribution in [3.63, 3.8) is 0 Å². The Labute approximate surface area is 176 Å². The van der Waals surface area contributed by atoms with Crippen molar-refractivity contribution in [3.8, 4) is 11.4 Å². The third-order valence-electron chi connectivity index (χ3n) is 4.68. The van der Waals surface area contributed by atoms with E-state index in [0.717, 1.165) is 34.3 Å². The van der Waals surface area contributed by atoms with Crippen molar-refractivity contribution in [2.24, 2.45) is 0 Å². The van der Waals surface area contributed by atoms with Crippen molar-refractivity contribution in [2.75, 3.05) is 11.1 Å². The lowest BCUT2D eigenvalue weighted by molar-refractivity contribution is -0.113. The number of nitrogens with one attached hydrogen (secondary N) is 1. The van der Waals surface area contributed by atoms with E-state index in [-0.39, 0.29) is 17.1 Å². The molecular weight excluding hydrogens is 380 g/mol. The van der Waals surface area contributed by atoms with Crippen molar-refractivity contribution in [3.05, 3.63) is 59.7 Å². The molecule has 6 heteroatoms. The van der Waals surface area contributed by atoms with Crippen LogP contribution in [0.5, 0.6) is 0 Å². The van der Waals surface area contributed by atoms with Crippen LogP contribution in [0.15, 0.2) is 53.7 Å². The van der Waals surface area contributed by atoms with Crippen molar-refractivity contribution >= 4 is 23.4 Å². The zero-order valence-corrected chi connectivity index (χ0v) is 18.5. The van der Waals surface area contributed by atoms with E-state index in [1.165, 1.54) is 17.3 Å². The molecule has 1 aromatic heterocycles. The van der Waals surface area contributed by atoms with Crippen molar-refractivity contribution in [2.45, 2.75) is 51.7 Å². The van der Waals surface area contributed by atoms with Gasteiger partial charge in [-0.05, 0) is 30.9 Å². The van der Waals surface area contributed by atoms with E-state index >= 15 is 0 Å². The topological polar surface area (TPSA) is 59.8 Å². The first-order valence-corrected chi connectivity index (χ1v) is 10.8. The van der Waals surface area contributed by atoms with Crippen LogP contribution in [0.25, 0.3) is 11.4 Å². The Morgan fingerprint density at radius 3 is 2.41 bits per heavy atom. The molecule has 0 aliphatic heterocycles. The Balaban J connectivity index is 1.71. The fraction of sp³-hybridized carbons (Fsp3) is 0.348. The summed E-state index contributed by atoms with van der Waals surface area (Å²) >= 11 is 1.41. The van der Waals surface area contributed by atoms with Crippen molar-refractivity contribution in [1.29, 1.82) is 0 Å². The van der Waals surface area contributed by atoms with Gasteiger partial charge in [-0.25, -0.2) is 0 Å². The monoisotopic (exact) mass is 408 g/mol. The molecule has 0 aliphatic rings. The molecule has 1 heterocycles. The summed E-state index contributed by atoms with van der Waals surface area (Å²) in [5.41, 5.74) is 4.18. The molecule has 0 saturated carbocycles. The van der Waals surface area contributed by atoms with E-state index in [4.69, 9.17) is 0 Å². The number of aryl methyl sites for hydroxylation is 1. The molecule has 0 spiro atoms. The number of para-hydroxylation sites is 1. The van der Waals surface area contributed by atoms with Crippen molar-refractivity contribution < 1.29 is 4.79 Å². The second-order valence-corrected chi connectivity index (χ2v) is 8.99. The number of amides is 1. The SMILES string of the molecule is CCn1c(SCC(=O)Nc2ccccc2C(C)(C)C)nnc1-c1ccc(C)cc1. The van der Waals surface area contributed by atoms with Crippen LogP contribution in [0.2, 0.25) is 0 Å². The number of nitrogens with zero attached hydrogens (tertiary/aromatic N) is 3. The zero-order chi connectivity index (χ0) is 21.0. The third kappa shape index (κ3) is 5.07. The molecule has 29 heavy (non-hydrogen) atoms. The highest BCUT2D eigenvalue weighted by atomic mass is 32.2. The van der Waals surface area contributed by atoms with Gasteiger partial charge in [-0.15, -0.1) is 10.2 Å². The average Bonchev–Trinajstić information content (AvgIpc) is 3.09. The molecule has 0 atom stereocenters. The van der Waals surface area contributed by atoms with Gasteiger partial charge in [0.2, 0.25) is 5.91 Å². The number of aromatic nitrogens is 3. The lowest BCUT2D eigenvalue weighted by Gasteiger charge is -2.22. The molecular formula is C23H28N4OS. The summed E-state index contributed by atoms with van der Waals surface area (Å²) < 4.78 is 2.05. The molecule has 0 radical (unpaired) electrons. The number of carbonyl (C=O) groups is 1. The second kappa shape index (κ2) is 8.82. The van der Waals surface area contributed by atoms with Crippen LogP contribution in [-0.2, 0) is 16.8 Å². The highest BCUT2D eigenvalue weighted by Gasteiger charge is 2.19. The Bertz CT molecular complexity index is 987. The number of hydrogen-bond acceptors (Lipinski definition) is 4. The maximum absolute atomic E-state index is 12.6. The van der Waals surface area contributed by atoms with E-state index in [9.17, 15) is 4.79 Å². The molecule has 1 N–H and O–H groups in total. The van der Waals surface area contributed by atoms with Crippen LogP contribution in [0, 0.1) is 6.92 Å². The molecule has 5 nitrogen and oxygen atoms in total. The van der Waals surface area contributed by atoms with E-state index < -0.39 is 0 Å². The number of hydrogen-bond donors (Lipinski definition) is 1. The van der Waals surface area contributed by atoms with Gasteiger partial charge < -0.3 is 9.88 Å². The van der Waals surface area contributed by atoms with Gasteiger partial charge in [-0.2, -0.15) is 0 Å². The van der Waals surface area contributed by atoms with Crippen LogP contribution in [0.1, 0.15) is 38.8 Å². The highest BCUT2D eigenvalue weighted by Crippen LogP contribution is 2.30. The standard InChI is InChI=1S/C23H28N4OS/c1-6-27-21(17-13-11-16(2)12-14-17)25-26-22(27)29-15-20(28)24-19-10-8-7-9-18(19)23(3,4)5/h7-14H,6,15H2,1-5H3,(H,24,28). The first-order chi connectivity index (χ1) is 13.8. The molecule has 0 unspecified atom stereocenters. The predicted molar refractivity (Wildman–Crippen MR) is 120 cm³/mol. The zero-order valence-electron chi connectivity index (χ0n) is 17.7. The largest absolute Gasteiger partial charge is 0.325 e. The van der Waals surface area contributed by atoms with Gasteiger partial charge in [0.05, 0.1) is 5.75 Å². The Kier molecular flexibility index (Phi) is 6.42. The Morgan fingerprint density at radius 2 is 1.76 bits per heavy atom.